The highest BCUT2D eigenvalue weighted by Crippen LogP contribution is 2.36. The molecule has 41 heavy (non-hydrogen) atoms. The zero-order chi connectivity index (χ0) is 28.9. The molecule has 210 valence electrons. The van der Waals surface area contributed by atoms with Gasteiger partial charge in [-0.1, -0.05) is 62.0 Å². The summed E-state index contributed by atoms with van der Waals surface area (Å²) < 4.78 is 13.2. The van der Waals surface area contributed by atoms with E-state index < -0.39 is 11.3 Å². The Balaban J connectivity index is 1.31. The number of nitrogens with zero attached hydrogens (tertiary/aromatic N) is 3. The minimum absolute atomic E-state index is 0.147. The van der Waals surface area contributed by atoms with Crippen LogP contribution in [0.5, 0.6) is 0 Å². The number of aliphatic imine (C=N–C) groups is 2. The molecule has 0 aromatic heterocycles. The van der Waals surface area contributed by atoms with E-state index in [2.05, 4.69) is 22.5 Å². The number of rotatable bonds is 9. The Hall–Kier alpha value is -4.31. The summed E-state index contributed by atoms with van der Waals surface area (Å²) in [5.41, 5.74) is 3.95. The molecule has 0 fully saturated rings. The first-order valence-electron chi connectivity index (χ1n) is 13.5. The van der Waals surface area contributed by atoms with Gasteiger partial charge in [0.25, 0.3) is 5.91 Å². The van der Waals surface area contributed by atoms with Crippen molar-refractivity contribution in [3.8, 4) is 0 Å². The number of anilines is 1. The van der Waals surface area contributed by atoms with Crippen molar-refractivity contribution >= 4 is 51.9 Å². The second-order valence-electron chi connectivity index (χ2n) is 9.72. The van der Waals surface area contributed by atoms with Gasteiger partial charge in [-0.25, -0.2) is 14.3 Å². The second-order valence-corrected chi connectivity index (χ2v) is 10.9. The van der Waals surface area contributed by atoms with E-state index in [0.717, 1.165) is 12.0 Å². The van der Waals surface area contributed by atoms with Crippen molar-refractivity contribution in [2.45, 2.75) is 50.9 Å². The van der Waals surface area contributed by atoms with Gasteiger partial charge in [0.15, 0.2) is 5.17 Å². The molecule has 0 saturated heterocycles. The minimum Gasteiger partial charge on any atom is -0.352 e. The Morgan fingerprint density at radius 2 is 1.71 bits per heavy atom. The molecule has 2 atom stereocenters. The van der Waals surface area contributed by atoms with Gasteiger partial charge < -0.3 is 10.6 Å². The van der Waals surface area contributed by atoms with Crippen molar-refractivity contribution < 1.29 is 18.8 Å². The highest BCUT2D eigenvalue weighted by atomic mass is 32.2. The third-order valence-electron chi connectivity index (χ3n) is 6.87. The van der Waals surface area contributed by atoms with E-state index in [1.807, 2.05) is 55.5 Å². The molecule has 0 spiro atoms. The van der Waals surface area contributed by atoms with Gasteiger partial charge in [0.05, 0.1) is 17.4 Å². The van der Waals surface area contributed by atoms with Crippen LogP contribution in [0.3, 0.4) is 0 Å². The van der Waals surface area contributed by atoms with Gasteiger partial charge >= 0.3 is 0 Å². The van der Waals surface area contributed by atoms with Crippen LogP contribution in [0.1, 0.15) is 43.4 Å². The second kappa shape index (κ2) is 12.5. The number of amidine groups is 2. The Labute approximate surface area is 242 Å². The molecule has 8 nitrogen and oxygen atoms in total. The van der Waals surface area contributed by atoms with Gasteiger partial charge in [0.1, 0.15) is 17.7 Å². The van der Waals surface area contributed by atoms with Crippen molar-refractivity contribution in [1.29, 1.82) is 0 Å². The van der Waals surface area contributed by atoms with Crippen molar-refractivity contribution in [2.75, 3.05) is 5.32 Å². The molecule has 2 aliphatic rings. The maximum Gasteiger partial charge on any atom is 0.259 e. The fourth-order valence-corrected chi connectivity index (χ4v) is 5.58. The molecule has 3 amide bonds. The number of fused-ring (bicyclic) bond motifs is 3. The summed E-state index contributed by atoms with van der Waals surface area (Å²) in [5.74, 6) is -0.845. The lowest BCUT2D eigenvalue weighted by Crippen LogP contribution is -2.43. The molecule has 0 unspecified atom stereocenters. The number of hydrogen-bond donors (Lipinski definition) is 2. The van der Waals surface area contributed by atoms with E-state index in [0.29, 0.717) is 34.4 Å². The highest BCUT2D eigenvalue weighted by Gasteiger charge is 2.43. The van der Waals surface area contributed by atoms with Crippen molar-refractivity contribution in [2.24, 2.45) is 9.98 Å². The van der Waals surface area contributed by atoms with Gasteiger partial charge in [0, 0.05) is 17.8 Å². The molecule has 2 N–H and O–H groups in total. The topological polar surface area (TPSA) is 103 Å². The molecule has 0 bridgehead atoms. The zero-order valence-corrected chi connectivity index (χ0v) is 23.6. The summed E-state index contributed by atoms with van der Waals surface area (Å²) in [6.45, 7) is 4.19. The summed E-state index contributed by atoms with van der Waals surface area (Å²) in [5, 5.41) is 5.58. The summed E-state index contributed by atoms with van der Waals surface area (Å²) in [4.78, 5) is 50.3. The molecule has 2 aliphatic heterocycles. The maximum absolute atomic E-state index is 13.6. The normalized spacial score (nSPS) is 16.3. The summed E-state index contributed by atoms with van der Waals surface area (Å²) in [6, 6.07) is 20.0. The molecule has 10 heteroatoms. The quantitative estimate of drug-likeness (QED) is 0.368. The van der Waals surface area contributed by atoms with E-state index >= 15 is 0 Å². The van der Waals surface area contributed by atoms with Crippen molar-refractivity contribution in [1.82, 2.24) is 10.2 Å². The third kappa shape index (κ3) is 6.38. The van der Waals surface area contributed by atoms with Crippen LogP contribution < -0.4 is 10.6 Å². The SMILES string of the molecule is CCc1ccc(NC(=O)[C@@H](CC)SC2=Nc3ccccc3C3=N[C@@H](CC(=O)NCc4ccc(F)cc4)C(=O)N23)cc1. The fraction of sp³-hybridized carbons (Fsp3) is 0.258. The number of carbonyl (C=O) groups excluding carboxylic acids is 3. The highest BCUT2D eigenvalue weighted by molar-refractivity contribution is 8.15. The molecule has 0 saturated carbocycles. The van der Waals surface area contributed by atoms with Crippen LogP contribution in [0.15, 0.2) is 82.8 Å². The minimum atomic E-state index is -0.929. The molecule has 0 aliphatic carbocycles. The molecule has 0 radical (unpaired) electrons. The average molecular weight is 572 g/mol. The summed E-state index contributed by atoms with van der Waals surface area (Å²) >= 11 is 1.21. The summed E-state index contributed by atoms with van der Waals surface area (Å²) in [6.07, 6.45) is 1.27. The van der Waals surface area contributed by atoms with Crippen LogP contribution >= 0.6 is 11.8 Å². The first-order chi connectivity index (χ1) is 19.9. The van der Waals surface area contributed by atoms with Crippen LogP contribution in [0.4, 0.5) is 15.8 Å². The van der Waals surface area contributed by atoms with E-state index in [9.17, 15) is 18.8 Å². The van der Waals surface area contributed by atoms with E-state index in [-0.39, 0.29) is 36.5 Å². The predicted octanol–water partition coefficient (Wildman–Crippen LogP) is 5.20. The van der Waals surface area contributed by atoms with E-state index in [1.165, 1.54) is 34.4 Å². The van der Waals surface area contributed by atoms with Gasteiger partial charge in [-0.15, -0.1) is 0 Å². The molecule has 3 aromatic rings. The predicted molar refractivity (Wildman–Crippen MR) is 160 cm³/mol. The number of para-hydroxylation sites is 1. The fourth-order valence-electron chi connectivity index (χ4n) is 4.56. The van der Waals surface area contributed by atoms with Crippen LogP contribution in [0, 0.1) is 5.82 Å². The van der Waals surface area contributed by atoms with Gasteiger partial charge in [-0.3, -0.25) is 19.4 Å². The standard InChI is InChI=1S/C31H30FN5O3S/c1-3-19-11-15-22(16-12-19)34-29(39)26(4-2)41-31-36-24-8-6-5-7-23(24)28-35-25(30(40)37(28)31)17-27(38)33-18-20-9-13-21(32)14-10-20/h5-16,25-26H,3-4,17-18H2,1-2H3,(H,33,38)(H,34,39)/t25-,26+/m0/s1. The number of benzene rings is 3. The van der Waals surface area contributed by atoms with Gasteiger partial charge in [-0.05, 0) is 60.4 Å². The molecule has 3 aromatic carbocycles. The molecule has 5 rings (SSSR count). The zero-order valence-electron chi connectivity index (χ0n) is 22.8. The lowest BCUT2D eigenvalue weighted by molar-refractivity contribution is -0.128. The van der Waals surface area contributed by atoms with E-state index in [1.54, 1.807) is 12.1 Å². The largest absolute Gasteiger partial charge is 0.352 e. The number of carbonyl (C=O) groups is 3. The Morgan fingerprint density at radius 1 is 1.00 bits per heavy atom. The Kier molecular flexibility index (Phi) is 8.58. The molecular weight excluding hydrogens is 541 g/mol. The number of nitrogens with one attached hydrogen (secondary N) is 2. The number of halogens is 1. The third-order valence-corrected chi connectivity index (χ3v) is 8.19. The Morgan fingerprint density at radius 3 is 2.41 bits per heavy atom. The van der Waals surface area contributed by atoms with Crippen LogP contribution in [0.25, 0.3) is 0 Å². The summed E-state index contributed by atoms with van der Waals surface area (Å²) in [7, 11) is 0. The lowest BCUT2D eigenvalue weighted by atomic mass is 10.1. The number of hydrogen-bond acceptors (Lipinski definition) is 6. The maximum atomic E-state index is 13.6. The lowest BCUT2D eigenvalue weighted by Gasteiger charge is -2.27. The number of amides is 3. The smallest absolute Gasteiger partial charge is 0.259 e. The van der Waals surface area contributed by atoms with Crippen molar-refractivity contribution in [3.05, 3.63) is 95.3 Å². The first kappa shape index (κ1) is 28.2. The van der Waals surface area contributed by atoms with Gasteiger partial charge in [0.2, 0.25) is 11.8 Å². The van der Waals surface area contributed by atoms with Crippen LogP contribution in [0.2, 0.25) is 0 Å². The van der Waals surface area contributed by atoms with Crippen LogP contribution in [-0.4, -0.2) is 44.9 Å². The number of thioether (sulfide) groups is 1. The van der Waals surface area contributed by atoms with Crippen molar-refractivity contribution in [3.63, 3.8) is 0 Å². The average Bonchev–Trinajstić information content (AvgIpc) is 3.31. The van der Waals surface area contributed by atoms with Gasteiger partial charge in [-0.2, -0.15) is 0 Å². The van der Waals surface area contributed by atoms with E-state index in [4.69, 9.17) is 4.99 Å². The molecule has 2 heterocycles. The molecular formula is C31H30FN5O3S. The van der Waals surface area contributed by atoms with Crippen LogP contribution in [-0.2, 0) is 27.3 Å². The monoisotopic (exact) mass is 571 g/mol. The Bertz CT molecular complexity index is 1520. The number of aryl methyl sites for hydroxylation is 1. The first-order valence-corrected chi connectivity index (χ1v) is 14.4.